The van der Waals surface area contributed by atoms with Gasteiger partial charge in [-0.2, -0.15) is 4.31 Å². The standard InChI is InChI=1S/C13H17ClFNO2S/c1-10-2-3-12(15)8-13(10)19(17,18)16-6-4-11(9-14)5-7-16/h2-3,8,11H,4-7,9H2,1H3. The smallest absolute Gasteiger partial charge is 0.207 e. The van der Waals surface area contributed by atoms with Crippen molar-refractivity contribution in [3.63, 3.8) is 0 Å². The summed E-state index contributed by atoms with van der Waals surface area (Å²) in [6.07, 6.45) is 1.52. The minimum atomic E-state index is -3.60. The molecule has 1 fully saturated rings. The van der Waals surface area contributed by atoms with Gasteiger partial charge in [-0.15, -0.1) is 11.6 Å². The SMILES string of the molecule is Cc1ccc(F)cc1S(=O)(=O)N1CCC(CCl)CC1. The highest BCUT2D eigenvalue weighted by Gasteiger charge is 2.30. The summed E-state index contributed by atoms with van der Waals surface area (Å²) in [5, 5.41) is 0. The van der Waals surface area contributed by atoms with Crippen molar-refractivity contribution in [3.8, 4) is 0 Å². The molecule has 106 valence electrons. The van der Waals surface area contributed by atoms with Crippen molar-refractivity contribution in [1.82, 2.24) is 4.31 Å². The summed E-state index contributed by atoms with van der Waals surface area (Å²) in [7, 11) is -3.60. The zero-order valence-electron chi connectivity index (χ0n) is 10.8. The van der Waals surface area contributed by atoms with E-state index >= 15 is 0 Å². The Morgan fingerprint density at radius 3 is 2.58 bits per heavy atom. The molecule has 0 bridgehead atoms. The number of hydrogen-bond acceptors (Lipinski definition) is 2. The van der Waals surface area contributed by atoms with Crippen molar-refractivity contribution in [3.05, 3.63) is 29.6 Å². The van der Waals surface area contributed by atoms with E-state index in [0.29, 0.717) is 30.5 Å². The molecule has 19 heavy (non-hydrogen) atoms. The Morgan fingerprint density at radius 1 is 1.37 bits per heavy atom. The fourth-order valence-corrected chi connectivity index (χ4v) is 4.31. The van der Waals surface area contributed by atoms with Gasteiger partial charge in [0, 0.05) is 19.0 Å². The van der Waals surface area contributed by atoms with Crippen molar-refractivity contribution in [1.29, 1.82) is 0 Å². The molecule has 0 atom stereocenters. The molecule has 6 heteroatoms. The monoisotopic (exact) mass is 305 g/mol. The second-order valence-corrected chi connectivity index (χ2v) is 7.13. The summed E-state index contributed by atoms with van der Waals surface area (Å²) < 4.78 is 39.7. The molecule has 0 unspecified atom stereocenters. The van der Waals surface area contributed by atoms with Gasteiger partial charge in [0.05, 0.1) is 4.90 Å². The van der Waals surface area contributed by atoms with E-state index in [2.05, 4.69) is 0 Å². The average Bonchev–Trinajstić information content (AvgIpc) is 2.41. The molecule has 0 N–H and O–H groups in total. The maximum atomic E-state index is 13.3. The van der Waals surface area contributed by atoms with Gasteiger partial charge in [-0.25, -0.2) is 12.8 Å². The molecule has 1 heterocycles. The third-order valence-corrected chi connectivity index (χ3v) is 6.04. The molecule has 1 aliphatic heterocycles. The quantitative estimate of drug-likeness (QED) is 0.805. The number of benzene rings is 1. The number of nitrogens with zero attached hydrogens (tertiary/aromatic N) is 1. The van der Waals surface area contributed by atoms with Gasteiger partial charge < -0.3 is 0 Å². The second kappa shape index (κ2) is 5.77. The second-order valence-electron chi connectivity index (χ2n) is 4.91. The maximum absolute atomic E-state index is 13.3. The first-order chi connectivity index (χ1) is 8.95. The van der Waals surface area contributed by atoms with Crippen LogP contribution in [0.3, 0.4) is 0 Å². The lowest BCUT2D eigenvalue weighted by Gasteiger charge is -2.30. The largest absolute Gasteiger partial charge is 0.243 e. The number of aryl methyl sites for hydroxylation is 1. The number of alkyl halides is 1. The Labute approximate surface area is 118 Å². The molecule has 0 aliphatic carbocycles. The molecule has 2 rings (SSSR count). The fourth-order valence-electron chi connectivity index (χ4n) is 2.29. The zero-order chi connectivity index (χ0) is 14.0. The molecule has 0 amide bonds. The third-order valence-electron chi connectivity index (χ3n) is 3.56. The van der Waals surface area contributed by atoms with Crippen LogP contribution in [0.15, 0.2) is 23.1 Å². The summed E-state index contributed by atoms with van der Waals surface area (Å²) >= 11 is 5.79. The maximum Gasteiger partial charge on any atom is 0.243 e. The van der Waals surface area contributed by atoms with Crippen molar-refractivity contribution >= 4 is 21.6 Å². The van der Waals surface area contributed by atoms with E-state index in [9.17, 15) is 12.8 Å². The van der Waals surface area contributed by atoms with Crippen LogP contribution in [0.5, 0.6) is 0 Å². The van der Waals surface area contributed by atoms with Gasteiger partial charge in [-0.3, -0.25) is 0 Å². The molecule has 0 saturated carbocycles. The van der Waals surface area contributed by atoms with Crippen LogP contribution < -0.4 is 0 Å². The average molecular weight is 306 g/mol. The minimum Gasteiger partial charge on any atom is -0.207 e. The predicted octanol–water partition coefficient (Wildman–Crippen LogP) is 2.77. The molecule has 0 spiro atoms. The van der Waals surface area contributed by atoms with Gasteiger partial charge >= 0.3 is 0 Å². The first kappa shape index (κ1) is 14.8. The number of hydrogen-bond donors (Lipinski definition) is 0. The lowest BCUT2D eigenvalue weighted by atomic mass is 10.0. The van der Waals surface area contributed by atoms with Gasteiger partial charge in [0.25, 0.3) is 0 Å². The van der Waals surface area contributed by atoms with E-state index in [-0.39, 0.29) is 4.90 Å². The first-order valence-corrected chi connectivity index (χ1v) is 8.25. The normalized spacial score (nSPS) is 18.7. The first-order valence-electron chi connectivity index (χ1n) is 6.27. The number of sulfonamides is 1. The Balaban J connectivity index is 2.26. The van der Waals surface area contributed by atoms with E-state index in [1.165, 1.54) is 16.4 Å². The van der Waals surface area contributed by atoms with Crippen LogP contribution in [-0.2, 0) is 10.0 Å². The molecule has 0 radical (unpaired) electrons. The highest BCUT2D eigenvalue weighted by molar-refractivity contribution is 7.89. The Kier molecular flexibility index (Phi) is 4.48. The molecule has 0 aromatic heterocycles. The highest BCUT2D eigenvalue weighted by atomic mass is 35.5. The van der Waals surface area contributed by atoms with Crippen LogP contribution in [0.2, 0.25) is 0 Å². The zero-order valence-corrected chi connectivity index (χ0v) is 12.3. The van der Waals surface area contributed by atoms with Crippen LogP contribution in [0.1, 0.15) is 18.4 Å². The van der Waals surface area contributed by atoms with Gasteiger partial charge in [-0.05, 0) is 43.4 Å². The van der Waals surface area contributed by atoms with E-state index in [1.54, 1.807) is 6.92 Å². The molecule has 1 aromatic carbocycles. The molecule has 1 aromatic rings. The lowest BCUT2D eigenvalue weighted by molar-refractivity contribution is 0.290. The molecule has 1 saturated heterocycles. The Morgan fingerprint density at radius 2 is 2.00 bits per heavy atom. The number of halogens is 2. The summed E-state index contributed by atoms with van der Waals surface area (Å²) in [5.41, 5.74) is 0.570. The van der Waals surface area contributed by atoms with Crippen LogP contribution >= 0.6 is 11.6 Å². The molecule has 1 aliphatic rings. The van der Waals surface area contributed by atoms with Crippen LogP contribution in [0, 0.1) is 18.7 Å². The van der Waals surface area contributed by atoms with Crippen LogP contribution in [-0.4, -0.2) is 31.7 Å². The molecular weight excluding hydrogens is 289 g/mol. The molecular formula is C13H17ClFNO2S. The highest BCUT2D eigenvalue weighted by Crippen LogP contribution is 2.26. The van der Waals surface area contributed by atoms with Crippen molar-refractivity contribution in [2.45, 2.75) is 24.7 Å². The number of rotatable bonds is 3. The summed E-state index contributed by atoms with van der Waals surface area (Å²) in [4.78, 5) is 0.0665. The third kappa shape index (κ3) is 3.09. The van der Waals surface area contributed by atoms with Crippen molar-refractivity contribution in [2.24, 2.45) is 5.92 Å². The van der Waals surface area contributed by atoms with Crippen LogP contribution in [0.25, 0.3) is 0 Å². The van der Waals surface area contributed by atoms with Gasteiger partial charge in [-0.1, -0.05) is 6.07 Å². The minimum absolute atomic E-state index is 0.0665. The van der Waals surface area contributed by atoms with E-state index in [0.717, 1.165) is 18.9 Å². The summed E-state index contributed by atoms with van der Waals surface area (Å²) in [6, 6.07) is 3.86. The van der Waals surface area contributed by atoms with E-state index in [4.69, 9.17) is 11.6 Å². The number of piperidine rings is 1. The summed E-state index contributed by atoms with van der Waals surface area (Å²) in [5.74, 6) is 0.411. The van der Waals surface area contributed by atoms with Crippen molar-refractivity contribution < 1.29 is 12.8 Å². The summed E-state index contributed by atoms with van der Waals surface area (Å²) in [6.45, 7) is 2.59. The fraction of sp³-hybridized carbons (Fsp3) is 0.538. The molecule has 3 nitrogen and oxygen atoms in total. The predicted molar refractivity (Wildman–Crippen MR) is 73.3 cm³/mol. The van der Waals surface area contributed by atoms with Crippen LogP contribution in [0.4, 0.5) is 4.39 Å². The Bertz CT molecular complexity index is 554. The van der Waals surface area contributed by atoms with Crippen molar-refractivity contribution in [2.75, 3.05) is 19.0 Å². The lowest BCUT2D eigenvalue weighted by Crippen LogP contribution is -2.39. The van der Waals surface area contributed by atoms with Gasteiger partial charge in [0.15, 0.2) is 0 Å². The van der Waals surface area contributed by atoms with E-state index in [1.807, 2.05) is 0 Å². The topological polar surface area (TPSA) is 37.4 Å². The van der Waals surface area contributed by atoms with E-state index < -0.39 is 15.8 Å². The van der Waals surface area contributed by atoms with Gasteiger partial charge in [0.1, 0.15) is 5.82 Å². The van der Waals surface area contributed by atoms with Gasteiger partial charge in [0.2, 0.25) is 10.0 Å². The Hall–Kier alpha value is -0.650.